The van der Waals surface area contributed by atoms with Gasteiger partial charge >= 0.3 is 5.69 Å². The van der Waals surface area contributed by atoms with Crippen molar-refractivity contribution in [2.45, 2.75) is 46.1 Å². The molecule has 1 aliphatic rings. The molecule has 2 aromatic heterocycles. The molecule has 0 atom stereocenters. The summed E-state index contributed by atoms with van der Waals surface area (Å²) in [6, 6.07) is 15.4. The third-order valence-electron chi connectivity index (χ3n) is 6.10. The minimum absolute atomic E-state index is 0.214. The average Bonchev–Trinajstić information content (AvgIpc) is 3.19. The van der Waals surface area contributed by atoms with Crippen molar-refractivity contribution in [2.24, 2.45) is 0 Å². The zero-order chi connectivity index (χ0) is 22.2. The van der Waals surface area contributed by atoms with E-state index >= 15 is 0 Å². The second kappa shape index (κ2) is 8.43. The Kier molecular flexibility index (Phi) is 5.47. The third kappa shape index (κ3) is 3.58. The van der Waals surface area contributed by atoms with Gasteiger partial charge in [0, 0.05) is 4.88 Å². The molecule has 0 spiro atoms. The minimum Gasteiger partial charge on any atom is -0.494 e. The summed E-state index contributed by atoms with van der Waals surface area (Å²) in [5.41, 5.74) is 3.41. The van der Waals surface area contributed by atoms with Crippen molar-refractivity contribution in [3.63, 3.8) is 0 Å². The first-order valence-corrected chi connectivity index (χ1v) is 12.0. The lowest BCUT2D eigenvalue weighted by Gasteiger charge is -2.14. The Morgan fingerprint density at radius 2 is 1.69 bits per heavy atom. The predicted octanol–water partition coefficient (Wildman–Crippen LogP) is 4.85. The Balaban J connectivity index is 1.75. The lowest BCUT2D eigenvalue weighted by molar-refractivity contribution is 0.340. The summed E-state index contributed by atoms with van der Waals surface area (Å²) >= 11 is 1.62. The van der Waals surface area contributed by atoms with E-state index in [9.17, 15) is 9.59 Å². The van der Waals surface area contributed by atoms with E-state index in [0.29, 0.717) is 24.2 Å². The second-order valence-corrected chi connectivity index (χ2v) is 9.40. The van der Waals surface area contributed by atoms with Crippen LogP contribution in [0.25, 0.3) is 15.9 Å². The van der Waals surface area contributed by atoms with Gasteiger partial charge in [0.2, 0.25) is 0 Å². The number of fused-ring (bicyclic) bond motifs is 3. The van der Waals surface area contributed by atoms with Crippen molar-refractivity contribution in [1.29, 1.82) is 0 Å². The first-order valence-electron chi connectivity index (χ1n) is 11.2. The van der Waals surface area contributed by atoms with Gasteiger partial charge in [-0.3, -0.25) is 9.36 Å². The first-order chi connectivity index (χ1) is 15.6. The van der Waals surface area contributed by atoms with Crippen LogP contribution in [0.4, 0.5) is 0 Å². The molecule has 6 heteroatoms. The van der Waals surface area contributed by atoms with Crippen molar-refractivity contribution in [3.05, 3.63) is 90.9 Å². The fourth-order valence-electron chi connectivity index (χ4n) is 4.47. The van der Waals surface area contributed by atoms with E-state index < -0.39 is 0 Å². The Labute approximate surface area is 190 Å². The summed E-state index contributed by atoms with van der Waals surface area (Å²) < 4.78 is 8.64. The molecule has 0 amide bonds. The van der Waals surface area contributed by atoms with Gasteiger partial charge in [0.15, 0.2) is 0 Å². The van der Waals surface area contributed by atoms with Gasteiger partial charge in [-0.25, -0.2) is 9.36 Å². The van der Waals surface area contributed by atoms with E-state index in [0.717, 1.165) is 47.4 Å². The maximum atomic E-state index is 13.7. The molecule has 32 heavy (non-hydrogen) atoms. The van der Waals surface area contributed by atoms with Gasteiger partial charge in [-0.15, -0.1) is 11.3 Å². The highest BCUT2D eigenvalue weighted by Crippen LogP contribution is 2.34. The summed E-state index contributed by atoms with van der Waals surface area (Å²) in [7, 11) is 0. The highest BCUT2D eigenvalue weighted by Gasteiger charge is 2.24. The molecule has 0 unspecified atom stereocenters. The van der Waals surface area contributed by atoms with Gasteiger partial charge in [-0.1, -0.05) is 29.8 Å². The topological polar surface area (TPSA) is 53.2 Å². The zero-order valence-corrected chi connectivity index (χ0v) is 19.2. The maximum Gasteiger partial charge on any atom is 0.337 e. The molecule has 1 aliphatic carbocycles. The molecule has 0 saturated carbocycles. The van der Waals surface area contributed by atoms with E-state index in [2.05, 4.69) is 12.1 Å². The van der Waals surface area contributed by atoms with Crippen LogP contribution in [0.2, 0.25) is 0 Å². The van der Waals surface area contributed by atoms with E-state index in [4.69, 9.17) is 4.74 Å². The van der Waals surface area contributed by atoms with Crippen molar-refractivity contribution in [2.75, 3.05) is 6.61 Å². The van der Waals surface area contributed by atoms with Crippen LogP contribution in [0.3, 0.4) is 0 Å². The van der Waals surface area contributed by atoms with Crippen LogP contribution in [0.5, 0.6) is 5.75 Å². The van der Waals surface area contributed by atoms with Crippen LogP contribution >= 0.6 is 11.3 Å². The molecular formula is C26H26N2O3S. The highest BCUT2D eigenvalue weighted by molar-refractivity contribution is 7.18. The van der Waals surface area contributed by atoms with E-state index in [-0.39, 0.29) is 11.2 Å². The summed E-state index contributed by atoms with van der Waals surface area (Å²) in [6.07, 6.45) is 4.10. The van der Waals surface area contributed by atoms with Crippen molar-refractivity contribution in [3.8, 4) is 11.4 Å². The number of hydrogen-bond donors (Lipinski definition) is 0. The quantitative estimate of drug-likeness (QED) is 0.440. The fraction of sp³-hybridized carbons (Fsp3) is 0.308. The predicted molar refractivity (Wildman–Crippen MR) is 130 cm³/mol. The average molecular weight is 447 g/mol. The second-order valence-electron chi connectivity index (χ2n) is 8.31. The van der Waals surface area contributed by atoms with Gasteiger partial charge in [0.1, 0.15) is 10.6 Å². The van der Waals surface area contributed by atoms with E-state index in [1.165, 1.54) is 15.0 Å². The van der Waals surface area contributed by atoms with Crippen LogP contribution in [-0.2, 0) is 19.4 Å². The van der Waals surface area contributed by atoms with Crippen molar-refractivity contribution >= 4 is 21.6 Å². The number of rotatable bonds is 5. The fourth-order valence-corrected chi connectivity index (χ4v) is 5.84. The minimum atomic E-state index is -0.300. The molecular weight excluding hydrogens is 420 g/mol. The summed E-state index contributed by atoms with van der Waals surface area (Å²) in [5.74, 6) is 0.721. The number of aromatic nitrogens is 2. The number of aryl methyl sites for hydroxylation is 3. The lowest BCUT2D eigenvalue weighted by Crippen LogP contribution is -2.39. The normalized spacial score (nSPS) is 13.3. The molecule has 4 aromatic rings. The Morgan fingerprint density at radius 1 is 0.969 bits per heavy atom. The molecule has 5 nitrogen and oxygen atoms in total. The zero-order valence-electron chi connectivity index (χ0n) is 18.4. The molecule has 0 N–H and O–H groups in total. The molecule has 0 saturated heterocycles. The molecule has 0 fully saturated rings. The van der Waals surface area contributed by atoms with Gasteiger partial charge in [0.25, 0.3) is 5.56 Å². The van der Waals surface area contributed by atoms with Crippen molar-refractivity contribution < 1.29 is 4.74 Å². The Hall–Kier alpha value is -3.12. The SMILES string of the molecule is CCOc1ccc(-n2c(=O)c3c4c(sc3n(Cc3ccc(C)cc3)c2=O)CCCC4)cc1. The smallest absolute Gasteiger partial charge is 0.337 e. The molecule has 2 heterocycles. The van der Waals surface area contributed by atoms with Gasteiger partial charge in [-0.2, -0.15) is 0 Å². The third-order valence-corrected chi connectivity index (χ3v) is 7.42. The van der Waals surface area contributed by atoms with E-state index in [1.807, 2.05) is 38.1 Å². The number of ether oxygens (including phenoxy) is 1. The molecule has 5 rings (SSSR count). The van der Waals surface area contributed by atoms with Gasteiger partial charge < -0.3 is 4.74 Å². The number of thiophene rings is 1. The molecule has 164 valence electrons. The molecule has 0 aliphatic heterocycles. The van der Waals surface area contributed by atoms with Crippen LogP contribution in [0.1, 0.15) is 41.3 Å². The Morgan fingerprint density at radius 3 is 2.41 bits per heavy atom. The lowest BCUT2D eigenvalue weighted by atomic mass is 9.97. The van der Waals surface area contributed by atoms with Crippen LogP contribution in [0, 0.1) is 6.92 Å². The monoisotopic (exact) mass is 446 g/mol. The molecule has 0 radical (unpaired) electrons. The van der Waals surface area contributed by atoms with E-state index in [1.54, 1.807) is 28.0 Å². The van der Waals surface area contributed by atoms with Gasteiger partial charge in [0.05, 0.1) is 24.2 Å². The molecule has 0 bridgehead atoms. The van der Waals surface area contributed by atoms with Crippen LogP contribution < -0.4 is 16.0 Å². The number of nitrogens with zero attached hydrogens (tertiary/aromatic N) is 2. The standard InChI is InChI=1S/C26H26N2O3S/c1-3-31-20-14-12-19(13-15-20)28-24(29)23-21-6-4-5-7-22(21)32-25(23)27(26(28)30)16-18-10-8-17(2)9-11-18/h8-15H,3-7,16H2,1-2H3. The first kappa shape index (κ1) is 20.8. The highest BCUT2D eigenvalue weighted by atomic mass is 32.1. The summed E-state index contributed by atoms with van der Waals surface area (Å²) in [5, 5.41) is 0.713. The summed E-state index contributed by atoms with van der Waals surface area (Å²) in [6.45, 7) is 4.98. The molecule has 2 aromatic carbocycles. The largest absolute Gasteiger partial charge is 0.494 e. The summed E-state index contributed by atoms with van der Waals surface area (Å²) in [4.78, 5) is 29.4. The van der Waals surface area contributed by atoms with Gasteiger partial charge in [-0.05, 0) is 74.9 Å². The number of benzene rings is 2. The van der Waals surface area contributed by atoms with Crippen LogP contribution in [0.15, 0.2) is 58.1 Å². The number of hydrogen-bond acceptors (Lipinski definition) is 4. The maximum absolute atomic E-state index is 13.7. The van der Waals surface area contributed by atoms with Crippen molar-refractivity contribution in [1.82, 2.24) is 9.13 Å². The Bertz CT molecular complexity index is 1390. The van der Waals surface area contributed by atoms with Crippen LogP contribution in [-0.4, -0.2) is 15.7 Å².